The van der Waals surface area contributed by atoms with Gasteiger partial charge in [0.1, 0.15) is 17.1 Å². The van der Waals surface area contributed by atoms with Crippen molar-refractivity contribution in [2.24, 2.45) is 0 Å². The summed E-state index contributed by atoms with van der Waals surface area (Å²) in [6.45, 7) is 2.06. The molecular weight excluding hydrogens is 575 g/mol. The van der Waals surface area contributed by atoms with Crippen molar-refractivity contribution in [2.45, 2.75) is 31.8 Å². The first-order valence-electron chi connectivity index (χ1n) is 11.7. The van der Waals surface area contributed by atoms with Gasteiger partial charge in [-0.25, -0.2) is 9.67 Å². The molecule has 0 N–H and O–H groups in total. The van der Waals surface area contributed by atoms with Crippen LogP contribution in [0.3, 0.4) is 0 Å². The molecule has 1 aliphatic rings. The lowest BCUT2D eigenvalue weighted by molar-refractivity contribution is 0.119. The number of aromatic nitrogens is 3. The number of benzene rings is 1. The molecule has 4 heterocycles. The number of halogens is 1. The highest BCUT2D eigenvalue weighted by Gasteiger charge is 2.22. The predicted octanol–water partition coefficient (Wildman–Crippen LogP) is 5.20. The zero-order valence-corrected chi connectivity index (χ0v) is 22.5. The Kier molecular flexibility index (Phi) is 7.64. The van der Waals surface area contributed by atoms with E-state index in [0.29, 0.717) is 29.8 Å². The number of hydrogen-bond acceptors (Lipinski definition) is 7. The summed E-state index contributed by atoms with van der Waals surface area (Å²) < 4.78 is 14.5. The van der Waals surface area contributed by atoms with Crippen molar-refractivity contribution in [3.05, 3.63) is 70.8 Å². The molecule has 0 spiro atoms. The van der Waals surface area contributed by atoms with Crippen LogP contribution in [0.15, 0.2) is 59.5 Å². The van der Waals surface area contributed by atoms with Crippen LogP contribution in [0.25, 0.3) is 20.5 Å². The molecule has 0 amide bonds. The van der Waals surface area contributed by atoms with Crippen LogP contribution in [0.1, 0.15) is 25.0 Å². The van der Waals surface area contributed by atoms with Gasteiger partial charge in [0.2, 0.25) is 5.88 Å². The van der Waals surface area contributed by atoms with Gasteiger partial charge in [0, 0.05) is 22.4 Å². The molecule has 1 aliphatic heterocycles. The quantitative estimate of drug-likeness (QED) is 0.157. The number of fused-ring (bicyclic) bond motifs is 1. The van der Waals surface area contributed by atoms with Crippen molar-refractivity contribution in [1.29, 1.82) is 0 Å². The Morgan fingerprint density at radius 1 is 1.17 bits per heavy atom. The minimum absolute atomic E-state index is 0.111. The Balaban J connectivity index is 1.32. The van der Waals surface area contributed by atoms with E-state index in [1.54, 1.807) is 13.3 Å². The summed E-state index contributed by atoms with van der Waals surface area (Å²) in [5.41, 5.74) is 1.68. The molecule has 0 saturated carbocycles. The van der Waals surface area contributed by atoms with Crippen LogP contribution in [0, 0.1) is 0 Å². The summed E-state index contributed by atoms with van der Waals surface area (Å²) in [4.78, 5) is 21.3. The van der Waals surface area contributed by atoms with Gasteiger partial charge >= 0.3 is 0 Å². The minimum Gasteiger partial charge on any atom is -0.497 e. The zero-order valence-electron chi connectivity index (χ0n) is 19.5. The number of ether oxygens (including phenoxy) is 2. The number of piperidine rings is 1. The normalized spacial score (nSPS) is 16.5. The van der Waals surface area contributed by atoms with E-state index in [2.05, 4.69) is 37.6 Å². The first kappa shape index (κ1) is 24.2. The SMILES string of the molecule is COc1ccc(-c2cc3cnn(Cc4cccc(OC[C@@H]5CCCCN5CI)n4)c(=O)c3s2)cc1. The second kappa shape index (κ2) is 11.0. The summed E-state index contributed by atoms with van der Waals surface area (Å²) in [6, 6.07) is 16.0. The Morgan fingerprint density at radius 3 is 2.83 bits per heavy atom. The molecule has 1 aromatic carbocycles. The molecular formula is C26H27IN4O3S. The van der Waals surface area contributed by atoms with Gasteiger partial charge in [-0.2, -0.15) is 5.10 Å². The van der Waals surface area contributed by atoms with E-state index >= 15 is 0 Å². The predicted molar refractivity (Wildman–Crippen MR) is 148 cm³/mol. The lowest BCUT2D eigenvalue weighted by Gasteiger charge is -2.33. The fourth-order valence-corrected chi connectivity index (χ4v) is 6.33. The van der Waals surface area contributed by atoms with Crippen molar-refractivity contribution in [3.63, 3.8) is 0 Å². The number of hydrogen-bond donors (Lipinski definition) is 0. The van der Waals surface area contributed by atoms with E-state index in [0.717, 1.165) is 44.8 Å². The van der Waals surface area contributed by atoms with Gasteiger partial charge in [-0.15, -0.1) is 11.3 Å². The van der Waals surface area contributed by atoms with E-state index in [4.69, 9.17) is 9.47 Å². The molecule has 5 rings (SSSR count). The highest BCUT2D eigenvalue weighted by molar-refractivity contribution is 14.1. The van der Waals surface area contributed by atoms with Crippen LogP contribution in [-0.4, -0.2) is 50.5 Å². The number of rotatable bonds is 8. The fourth-order valence-electron chi connectivity index (χ4n) is 4.35. The van der Waals surface area contributed by atoms with Crippen molar-refractivity contribution in [3.8, 4) is 22.1 Å². The number of likely N-dealkylation sites (tertiary alicyclic amines) is 1. The number of alkyl halides is 1. The molecule has 9 heteroatoms. The van der Waals surface area contributed by atoms with Crippen LogP contribution in [0.4, 0.5) is 0 Å². The second-order valence-electron chi connectivity index (χ2n) is 8.59. The lowest BCUT2D eigenvalue weighted by atomic mass is 10.0. The van der Waals surface area contributed by atoms with E-state index in [1.165, 1.54) is 28.9 Å². The third kappa shape index (κ3) is 5.52. The molecule has 0 bridgehead atoms. The Morgan fingerprint density at radius 2 is 2.03 bits per heavy atom. The van der Waals surface area contributed by atoms with E-state index < -0.39 is 0 Å². The maximum absolute atomic E-state index is 13.2. The fraction of sp³-hybridized carbons (Fsp3) is 0.346. The third-order valence-electron chi connectivity index (χ3n) is 6.32. The van der Waals surface area contributed by atoms with Gasteiger partial charge in [-0.05, 0) is 61.3 Å². The molecule has 1 fully saturated rings. The first-order valence-corrected chi connectivity index (χ1v) is 14.0. The first-order chi connectivity index (χ1) is 17.1. The molecule has 0 aliphatic carbocycles. The summed E-state index contributed by atoms with van der Waals surface area (Å²) in [5.74, 6) is 1.40. The van der Waals surface area contributed by atoms with E-state index in [9.17, 15) is 4.79 Å². The Hall–Kier alpha value is -2.50. The van der Waals surface area contributed by atoms with Crippen LogP contribution in [0.2, 0.25) is 0 Å². The standard InChI is InChI=1S/C26H27IN4O3S/c1-33-22-10-8-18(9-11-22)23-13-19-14-28-31(26(32)25(19)35-23)15-20-5-4-7-24(29-20)34-16-21-6-2-3-12-30(21)17-27/h4-5,7-11,13-14,21H,2-3,6,12,15-17H2,1H3/t21-/m0/s1. The highest BCUT2D eigenvalue weighted by Crippen LogP contribution is 2.32. The van der Waals surface area contributed by atoms with Crippen molar-refractivity contribution in [1.82, 2.24) is 19.7 Å². The van der Waals surface area contributed by atoms with Crippen LogP contribution in [0.5, 0.6) is 11.6 Å². The van der Waals surface area contributed by atoms with Gasteiger partial charge in [-0.1, -0.05) is 35.1 Å². The Labute approximate surface area is 221 Å². The van der Waals surface area contributed by atoms with Crippen molar-refractivity contribution >= 4 is 44.0 Å². The number of pyridine rings is 1. The zero-order chi connectivity index (χ0) is 24.2. The van der Waals surface area contributed by atoms with Crippen LogP contribution < -0.4 is 15.0 Å². The van der Waals surface area contributed by atoms with Crippen LogP contribution >= 0.6 is 33.9 Å². The van der Waals surface area contributed by atoms with Gasteiger partial charge in [0.05, 0.1) is 30.1 Å². The summed E-state index contributed by atoms with van der Waals surface area (Å²) in [6.07, 6.45) is 5.41. The monoisotopic (exact) mass is 602 g/mol. The van der Waals surface area contributed by atoms with E-state index in [1.807, 2.05) is 48.5 Å². The molecule has 1 atom stereocenters. The second-order valence-corrected chi connectivity index (χ2v) is 10.3. The summed E-state index contributed by atoms with van der Waals surface area (Å²) in [5, 5.41) is 5.26. The number of thiophene rings is 1. The summed E-state index contributed by atoms with van der Waals surface area (Å²) in [7, 11) is 1.65. The topological polar surface area (TPSA) is 69.5 Å². The summed E-state index contributed by atoms with van der Waals surface area (Å²) >= 11 is 3.90. The molecule has 0 radical (unpaired) electrons. The van der Waals surface area contributed by atoms with Gasteiger partial charge in [0.25, 0.3) is 5.56 Å². The molecule has 0 unspecified atom stereocenters. The van der Waals surface area contributed by atoms with E-state index in [-0.39, 0.29) is 5.56 Å². The lowest BCUT2D eigenvalue weighted by Crippen LogP contribution is -2.42. The molecule has 182 valence electrons. The number of methoxy groups -OCH3 is 1. The van der Waals surface area contributed by atoms with Gasteiger partial charge in [-0.3, -0.25) is 9.69 Å². The largest absolute Gasteiger partial charge is 0.497 e. The number of nitrogens with zero attached hydrogens (tertiary/aromatic N) is 4. The highest BCUT2D eigenvalue weighted by atomic mass is 127. The maximum Gasteiger partial charge on any atom is 0.285 e. The van der Waals surface area contributed by atoms with Gasteiger partial charge < -0.3 is 9.47 Å². The molecule has 1 saturated heterocycles. The van der Waals surface area contributed by atoms with Crippen molar-refractivity contribution in [2.75, 3.05) is 24.8 Å². The van der Waals surface area contributed by atoms with Gasteiger partial charge in [0.15, 0.2) is 0 Å². The van der Waals surface area contributed by atoms with Crippen molar-refractivity contribution < 1.29 is 9.47 Å². The maximum atomic E-state index is 13.2. The minimum atomic E-state index is -0.111. The Bertz CT molecular complexity index is 1350. The average Bonchev–Trinajstić information content (AvgIpc) is 3.35. The average molecular weight is 602 g/mol. The molecule has 7 nitrogen and oxygen atoms in total. The third-order valence-corrected chi connectivity index (χ3v) is 8.38. The molecule has 35 heavy (non-hydrogen) atoms. The molecule has 4 aromatic rings. The molecule has 3 aromatic heterocycles. The van der Waals surface area contributed by atoms with Crippen LogP contribution in [-0.2, 0) is 6.54 Å². The smallest absolute Gasteiger partial charge is 0.285 e.